The third-order valence-electron chi connectivity index (χ3n) is 4.35. The quantitative estimate of drug-likeness (QED) is 0.848. The molecule has 0 aromatic heterocycles. The van der Waals surface area contributed by atoms with Gasteiger partial charge in [-0.1, -0.05) is 12.1 Å². The van der Waals surface area contributed by atoms with E-state index in [0.717, 1.165) is 50.5 Å². The standard InChI is InChI=1S/C16H24N4O/c1-13-3-2-4-14(9-13)18-16(21)12-19-5-7-20(8-6-19)15-10-17-11-15/h2-4,9,15,17H,5-8,10-12H2,1H3,(H,18,21). The SMILES string of the molecule is Cc1cccc(NC(=O)CN2CCN(C3CNC3)CC2)c1. The lowest BCUT2D eigenvalue weighted by molar-refractivity contribution is -0.117. The highest BCUT2D eigenvalue weighted by Gasteiger charge is 2.28. The Labute approximate surface area is 126 Å². The fraction of sp³-hybridized carbons (Fsp3) is 0.562. The zero-order chi connectivity index (χ0) is 14.7. The van der Waals surface area contributed by atoms with Crippen molar-refractivity contribution in [2.75, 3.05) is 51.1 Å². The van der Waals surface area contributed by atoms with Crippen LogP contribution in [0.1, 0.15) is 5.56 Å². The number of anilines is 1. The molecule has 0 atom stereocenters. The minimum atomic E-state index is 0.0827. The van der Waals surface area contributed by atoms with Crippen LogP contribution in [0, 0.1) is 6.92 Å². The topological polar surface area (TPSA) is 47.6 Å². The largest absolute Gasteiger partial charge is 0.325 e. The van der Waals surface area contributed by atoms with E-state index >= 15 is 0 Å². The Hall–Kier alpha value is -1.43. The Morgan fingerprint density at radius 1 is 1.29 bits per heavy atom. The number of hydrogen-bond acceptors (Lipinski definition) is 4. The van der Waals surface area contributed by atoms with Gasteiger partial charge in [-0.05, 0) is 24.6 Å². The molecule has 3 rings (SSSR count). The molecule has 1 aromatic carbocycles. The average Bonchev–Trinajstić information content (AvgIpc) is 2.39. The summed E-state index contributed by atoms with van der Waals surface area (Å²) in [6.45, 7) is 8.88. The first-order valence-electron chi connectivity index (χ1n) is 7.74. The third kappa shape index (κ3) is 3.81. The number of piperazine rings is 1. The fourth-order valence-corrected chi connectivity index (χ4v) is 2.94. The molecule has 2 saturated heterocycles. The molecule has 0 aliphatic carbocycles. The molecule has 2 N–H and O–H groups in total. The van der Waals surface area contributed by atoms with Gasteiger partial charge < -0.3 is 10.6 Å². The maximum atomic E-state index is 12.1. The van der Waals surface area contributed by atoms with E-state index in [-0.39, 0.29) is 5.91 Å². The van der Waals surface area contributed by atoms with E-state index in [1.807, 2.05) is 31.2 Å². The van der Waals surface area contributed by atoms with Gasteiger partial charge in [0, 0.05) is 51.0 Å². The second kappa shape index (κ2) is 6.56. The summed E-state index contributed by atoms with van der Waals surface area (Å²) >= 11 is 0. The molecular formula is C16H24N4O. The molecule has 5 heteroatoms. The number of benzene rings is 1. The van der Waals surface area contributed by atoms with Crippen molar-refractivity contribution in [3.05, 3.63) is 29.8 Å². The summed E-state index contributed by atoms with van der Waals surface area (Å²) in [4.78, 5) is 16.9. The van der Waals surface area contributed by atoms with Crippen LogP contribution in [-0.2, 0) is 4.79 Å². The first kappa shape index (κ1) is 14.5. The van der Waals surface area contributed by atoms with Gasteiger partial charge in [-0.2, -0.15) is 0 Å². The van der Waals surface area contributed by atoms with E-state index in [1.54, 1.807) is 0 Å². The average molecular weight is 288 g/mol. The molecule has 114 valence electrons. The molecule has 5 nitrogen and oxygen atoms in total. The molecule has 0 radical (unpaired) electrons. The van der Waals surface area contributed by atoms with E-state index in [4.69, 9.17) is 0 Å². The molecule has 1 aromatic rings. The first-order valence-corrected chi connectivity index (χ1v) is 7.74. The maximum absolute atomic E-state index is 12.1. The van der Waals surface area contributed by atoms with Crippen LogP contribution < -0.4 is 10.6 Å². The van der Waals surface area contributed by atoms with Crippen LogP contribution in [0.2, 0.25) is 0 Å². The maximum Gasteiger partial charge on any atom is 0.238 e. The normalized spacial score (nSPS) is 21.0. The van der Waals surface area contributed by atoms with Gasteiger partial charge in [0.05, 0.1) is 6.54 Å². The number of amides is 1. The molecule has 0 bridgehead atoms. The summed E-state index contributed by atoms with van der Waals surface area (Å²) in [5.74, 6) is 0.0827. The Balaban J connectivity index is 1.43. The van der Waals surface area contributed by atoms with Crippen LogP contribution in [0.25, 0.3) is 0 Å². The fourth-order valence-electron chi connectivity index (χ4n) is 2.94. The Kier molecular flexibility index (Phi) is 4.53. The lowest BCUT2D eigenvalue weighted by Gasteiger charge is -2.43. The molecule has 2 fully saturated rings. The molecule has 2 aliphatic rings. The smallest absolute Gasteiger partial charge is 0.238 e. The van der Waals surface area contributed by atoms with Gasteiger partial charge in [0.1, 0.15) is 0 Å². The second-order valence-corrected chi connectivity index (χ2v) is 6.04. The summed E-state index contributed by atoms with van der Waals surface area (Å²) in [6, 6.07) is 8.65. The lowest BCUT2D eigenvalue weighted by Crippen LogP contribution is -2.61. The van der Waals surface area contributed by atoms with Gasteiger partial charge in [-0.15, -0.1) is 0 Å². The summed E-state index contributed by atoms with van der Waals surface area (Å²) in [5, 5.41) is 6.30. The van der Waals surface area contributed by atoms with Crippen molar-refractivity contribution < 1.29 is 4.79 Å². The zero-order valence-corrected chi connectivity index (χ0v) is 12.6. The Bertz CT molecular complexity index is 493. The van der Waals surface area contributed by atoms with Gasteiger partial charge in [0.25, 0.3) is 0 Å². The Morgan fingerprint density at radius 2 is 2.05 bits per heavy atom. The van der Waals surface area contributed by atoms with Crippen LogP contribution in [-0.4, -0.2) is 67.6 Å². The van der Waals surface area contributed by atoms with Crippen LogP contribution in [0.4, 0.5) is 5.69 Å². The summed E-state index contributed by atoms with van der Waals surface area (Å²) in [5.41, 5.74) is 2.05. The molecule has 0 spiro atoms. The van der Waals surface area contributed by atoms with Crippen molar-refractivity contribution in [1.29, 1.82) is 0 Å². The second-order valence-electron chi connectivity index (χ2n) is 6.04. The molecule has 21 heavy (non-hydrogen) atoms. The number of rotatable bonds is 4. The predicted molar refractivity (Wildman–Crippen MR) is 84.5 cm³/mol. The number of carbonyl (C=O) groups is 1. The third-order valence-corrected chi connectivity index (χ3v) is 4.35. The molecule has 2 aliphatic heterocycles. The van der Waals surface area contributed by atoms with Crippen molar-refractivity contribution in [1.82, 2.24) is 15.1 Å². The molecule has 0 saturated carbocycles. The van der Waals surface area contributed by atoms with Gasteiger partial charge >= 0.3 is 0 Å². The summed E-state index contributed by atoms with van der Waals surface area (Å²) in [7, 11) is 0. The van der Waals surface area contributed by atoms with E-state index in [1.165, 1.54) is 0 Å². The molecule has 0 unspecified atom stereocenters. The zero-order valence-electron chi connectivity index (χ0n) is 12.6. The van der Waals surface area contributed by atoms with Crippen LogP contribution in [0.3, 0.4) is 0 Å². The highest BCUT2D eigenvalue weighted by atomic mass is 16.2. The van der Waals surface area contributed by atoms with Gasteiger partial charge in [0.15, 0.2) is 0 Å². The van der Waals surface area contributed by atoms with Crippen molar-refractivity contribution in [2.45, 2.75) is 13.0 Å². The van der Waals surface area contributed by atoms with Crippen LogP contribution in [0.5, 0.6) is 0 Å². The monoisotopic (exact) mass is 288 g/mol. The molecule has 1 amide bonds. The van der Waals surface area contributed by atoms with Crippen molar-refractivity contribution in [3.63, 3.8) is 0 Å². The highest BCUT2D eigenvalue weighted by Crippen LogP contribution is 2.11. The minimum absolute atomic E-state index is 0.0827. The van der Waals surface area contributed by atoms with Gasteiger partial charge in [-0.25, -0.2) is 0 Å². The van der Waals surface area contributed by atoms with Crippen LogP contribution in [0.15, 0.2) is 24.3 Å². The molecule has 2 heterocycles. The van der Waals surface area contributed by atoms with Crippen molar-refractivity contribution in [2.24, 2.45) is 0 Å². The Morgan fingerprint density at radius 3 is 2.67 bits per heavy atom. The van der Waals surface area contributed by atoms with Crippen molar-refractivity contribution in [3.8, 4) is 0 Å². The number of hydrogen-bond donors (Lipinski definition) is 2. The molecular weight excluding hydrogens is 264 g/mol. The van der Waals surface area contributed by atoms with Gasteiger partial charge in [0.2, 0.25) is 5.91 Å². The highest BCUT2D eigenvalue weighted by molar-refractivity contribution is 5.92. The van der Waals surface area contributed by atoms with Crippen LogP contribution >= 0.6 is 0 Å². The predicted octanol–water partition coefficient (Wildman–Crippen LogP) is 0.523. The van der Waals surface area contributed by atoms with Crippen molar-refractivity contribution >= 4 is 11.6 Å². The number of nitrogens with one attached hydrogen (secondary N) is 2. The van der Waals surface area contributed by atoms with E-state index in [0.29, 0.717) is 12.6 Å². The summed E-state index contributed by atoms with van der Waals surface area (Å²) < 4.78 is 0. The van der Waals surface area contributed by atoms with E-state index < -0.39 is 0 Å². The number of nitrogens with zero attached hydrogens (tertiary/aromatic N) is 2. The van der Waals surface area contributed by atoms with Gasteiger partial charge in [-0.3, -0.25) is 14.6 Å². The van der Waals surface area contributed by atoms with E-state index in [9.17, 15) is 4.79 Å². The lowest BCUT2D eigenvalue weighted by atomic mass is 10.1. The number of carbonyl (C=O) groups excluding carboxylic acids is 1. The minimum Gasteiger partial charge on any atom is -0.325 e. The van der Waals surface area contributed by atoms with E-state index in [2.05, 4.69) is 20.4 Å². The first-order chi connectivity index (χ1) is 10.2. The summed E-state index contributed by atoms with van der Waals surface area (Å²) in [6.07, 6.45) is 0. The number of aryl methyl sites for hydroxylation is 1.